The Kier molecular flexibility index (Phi) is 3.09. The third-order valence-electron chi connectivity index (χ3n) is 1.63. The lowest BCUT2D eigenvalue weighted by atomic mass is 10.1. The molecule has 6 nitrogen and oxygen atoms in total. The van der Waals surface area contributed by atoms with Gasteiger partial charge in [-0.15, -0.1) is 0 Å². The summed E-state index contributed by atoms with van der Waals surface area (Å²) in [7, 11) is 0. The monoisotopic (exact) mass is 193 g/mol. The van der Waals surface area contributed by atoms with Gasteiger partial charge < -0.3 is 5.11 Å². The minimum absolute atomic E-state index is 0.0156. The van der Waals surface area contributed by atoms with Crippen LogP contribution in [0.5, 0.6) is 0 Å². The lowest BCUT2D eigenvalue weighted by Crippen LogP contribution is -2.13. The molecule has 0 saturated heterocycles. The Morgan fingerprint density at radius 3 is 3.07 bits per heavy atom. The van der Waals surface area contributed by atoms with E-state index in [0.717, 1.165) is 0 Å². The molecule has 0 radical (unpaired) electrons. The number of aromatic nitrogens is 1. The Morgan fingerprint density at radius 2 is 2.50 bits per heavy atom. The maximum Gasteiger partial charge on any atom is 0.233 e. The fraction of sp³-hybridized carbons (Fsp3) is 0.250. The first kappa shape index (κ1) is 10.1. The zero-order valence-electron chi connectivity index (χ0n) is 7.12. The second kappa shape index (κ2) is 4.30. The smallest absolute Gasteiger partial charge is 0.233 e. The zero-order chi connectivity index (χ0) is 10.6. The summed E-state index contributed by atoms with van der Waals surface area (Å²) in [5, 5.41) is 28.1. The highest BCUT2D eigenvalue weighted by atomic mass is 16.6. The van der Waals surface area contributed by atoms with E-state index >= 15 is 0 Å². The van der Waals surface area contributed by atoms with E-state index < -0.39 is 17.6 Å². The van der Waals surface area contributed by atoms with Crippen LogP contribution in [0.1, 0.15) is 17.4 Å². The Bertz CT molecular complexity index is 386. The molecule has 6 heteroatoms. The molecule has 1 heterocycles. The van der Waals surface area contributed by atoms with E-state index in [1.165, 1.54) is 18.3 Å². The number of hydrogen-bond acceptors (Lipinski definition) is 5. The molecule has 0 amide bonds. The Balaban J connectivity index is 2.95. The van der Waals surface area contributed by atoms with Gasteiger partial charge in [0.15, 0.2) is 0 Å². The molecule has 0 unspecified atom stereocenters. The number of aliphatic hydroxyl groups is 1. The molecular formula is C8H7N3O3. The highest BCUT2D eigenvalue weighted by molar-refractivity contribution is 5.32. The van der Waals surface area contributed by atoms with Gasteiger partial charge in [-0.1, -0.05) is 6.07 Å². The predicted molar refractivity (Wildman–Crippen MR) is 45.8 cm³/mol. The third kappa shape index (κ3) is 2.24. The lowest BCUT2D eigenvalue weighted by Gasteiger charge is -2.06. The molecule has 1 aromatic rings. The van der Waals surface area contributed by atoms with Crippen molar-refractivity contribution in [3.8, 4) is 6.07 Å². The van der Waals surface area contributed by atoms with Crippen LogP contribution in [0.2, 0.25) is 0 Å². The van der Waals surface area contributed by atoms with E-state index in [2.05, 4.69) is 4.98 Å². The van der Waals surface area contributed by atoms with Crippen LogP contribution in [0.15, 0.2) is 18.3 Å². The van der Waals surface area contributed by atoms with Gasteiger partial charge in [0.2, 0.25) is 6.54 Å². The van der Waals surface area contributed by atoms with Crippen LogP contribution < -0.4 is 0 Å². The number of nitriles is 1. The number of aliphatic hydroxyl groups excluding tert-OH is 1. The van der Waals surface area contributed by atoms with Crippen LogP contribution in [-0.2, 0) is 0 Å². The van der Waals surface area contributed by atoms with Crippen LogP contribution >= 0.6 is 0 Å². The molecule has 0 aromatic carbocycles. The molecule has 1 atom stereocenters. The van der Waals surface area contributed by atoms with Crippen molar-refractivity contribution < 1.29 is 10.0 Å². The first-order valence-electron chi connectivity index (χ1n) is 3.80. The largest absolute Gasteiger partial charge is 0.381 e. The summed E-state index contributed by atoms with van der Waals surface area (Å²) in [6.45, 7) is -0.625. The molecule has 0 fully saturated rings. The van der Waals surface area contributed by atoms with Gasteiger partial charge in [-0.3, -0.25) is 10.1 Å². The standard InChI is InChI=1S/C8H7N3O3/c9-4-7-6(2-1-3-10-7)8(12)5-11(13)14/h1-3,8,12H,5H2/t8-/m0/s1. The number of hydrogen-bond donors (Lipinski definition) is 1. The fourth-order valence-corrected chi connectivity index (χ4v) is 1.02. The van der Waals surface area contributed by atoms with E-state index in [-0.39, 0.29) is 11.3 Å². The maximum atomic E-state index is 10.1. The second-order valence-electron chi connectivity index (χ2n) is 2.58. The highest BCUT2D eigenvalue weighted by Crippen LogP contribution is 2.15. The minimum atomic E-state index is -1.28. The van der Waals surface area contributed by atoms with Gasteiger partial charge in [0, 0.05) is 16.7 Å². The highest BCUT2D eigenvalue weighted by Gasteiger charge is 2.17. The van der Waals surface area contributed by atoms with Crippen LogP contribution in [0.4, 0.5) is 0 Å². The summed E-state index contributed by atoms with van der Waals surface area (Å²) in [6.07, 6.45) is 0.106. The van der Waals surface area contributed by atoms with Crippen molar-refractivity contribution in [1.29, 1.82) is 5.26 Å². The molecule has 14 heavy (non-hydrogen) atoms. The van der Waals surface area contributed by atoms with Gasteiger partial charge in [0.25, 0.3) is 0 Å². The molecule has 0 aliphatic heterocycles. The summed E-state index contributed by atoms with van der Waals surface area (Å²) in [5.74, 6) is 0. The summed E-state index contributed by atoms with van der Waals surface area (Å²) in [4.78, 5) is 13.2. The van der Waals surface area contributed by atoms with Gasteiger partial charge >= 0.3 is 0 Å². The Morgan fingerprint density at radius 1 is 1.79 bits per heavy atom. The van der Waals surface area contributed by atoms with Crippen LogP contribution in [0.3, 0.4) is 0 Å². The molecule has 1 rings (SSSR count). The molecule has 72 valence electrons. The number of nitrogens with zero attached hydrogens (tertiary/aromatic N) is 3. The average Bonchev–Trinajstić information content (AvgIpc) is 2.16. The van der Waals surface area contributed by atoms with Gasteiger partial charge in [0.05, 0.1) is 0 Å². The quantitative estimate of drug-likeness (QED) is 0.548. The summed E-state index contributed by atoms with van der Waals surface area (Å²) < 4.78 is 0. The number of rotatable bonds is 3. The van der Waals surface area contributed by atoms with Crippen molar-refractivity contribution in [2.45, 2.75) is 6.10 Å². The molecule has 1 N–H and O–H groups in total. The van der Waals surface area contributed by atoms with Gasteiger partial charge in [-0.05, 0) is 6.07 Å². The van der Waals surface area contributed by atoms with Crippen molar-refractivity contribution in [2.75, 3.05) is 6.54 Å². The van der Waals surface area contributed by atoms with E-state index in [1.807, 2.05) is 0 Å². The minimum Gasteiger partial charge on any atom is -0.381 e. The van der Waals surface area contributed by atoms with Gasteiger partial charge in [-0.25, -0.2) is 4.98 Å². The fourth-order valence-electron chi connectivity index (χ4n) is 1.02. The molecule has 1 aromatic heterocycles. The molecule has 0 spiro atoms. The van der Waals surface area contributed by atoms with Gasteiger partial charge in [0.1, 0.15) is 17.9 Å². The molecule has 0 aliphatic rings. The summed E-state index contributed by atoms with van der Waals surface area (Å²) >= 11 is 0. The normalized spacial score (nSPS) is 11.7. The zero-order valence-corrected chi connectivity index (χ0v) is 7.12. The number of pyridine rings is 1. The van der Waals surface area contributed by atoms with E-state index in [1.54, 1.807) is 6.07 Å². The Hall–Kier alpha value is -2.00. The molecular weight excluding hydrogens is 186 g/mol. The van der Waals surface area contributed by atoms with Crippen LogP contribution in [0, 0.1) is 21.4 Å². The van der Waals surface area contributed by atoms with E-state index in [0.29, 0.717) is 0 Å². The lowest BCUT2D eigenvalue weighted by molar-refractivity contribution is -0.491. The topological polar surface area (TPSA) is 100 Å². The van der Waals surface area contributed by atoms with Crippen molar-refractivity contribution in [2.24, 2.45) is 0 Å². The summed E-state index contributed by atoms with van der Waals surface area (Å²) in [5.41, 5.74) is 0.202. The van der Waals surface area contributed by atoms with Crippen LogP contribution in [-0.4, -0.2) is 21.6 Å². The van der Waals surface area contributed by atoms with Crippen molar-refractivity contribution >= 4 is 0 Å². The van der Waals surface area contributed by atoms with Crippen molar-refractivity contribution in [1.82, 2.24) is 4.98 Å². The number of nitro groups is 1. The molecule has 0 bridgehead atoms. The molecule has 0 aliphatic carbocycles. The van der Waals surface area contributed by atoms with Gasteiger partial charge in [-0.2, -0.15) is 5.26 Å². The maximum absolute atomic E-state index is 10.1. The molecule has 0 saturated carbocycles. The first-order valence-corrected chi connectivity index (χ1v) is 3.80. The first-order chi connectivity index (χ1) is 6.65. The average molecular weight is 193 g/mol. The third-order valence-corrected chi connectivity index (χ3v) is 1.63. The predicted octanol–water partition coefficient (Wildman–Crippen LogP) is 0.263. The second-order valence-corrected chi connectivity index (χ2v) is 2.58. The SMILES string of the molecule is N#Cc1ncccc1[C@@H](O)C[N+](=O)[O-]. The van der Waals surface area contributed by atoms with Crippen molar-refractivity contribution in [3.05, 3.63) is 39.7 Å². The Labute approximate surface area is 79.6 Å². The van der Waals surface area contributed by atoms with Crippen LogP contribution in [0.25, 0.3) is 0 Å². The summed E-state index contributed by atoms with van der Waals surface area (Å²) in [6, 6.07) is 4.71. The van der Waals surface area contributed by atoms with E-state index in [9.17, 15) is 15.2 Å². The van der Waals surface area contributed by atoms with Crippen molar-refractivity contribution in [3.63, 3.8) is 0 Å². The van der Waals surface area contributed by atoms with E-state index in [4.69, 9.17) is 5.26 Å².